The third-order valence-electron chi connectivity index (χ3n) is 3.04. The average Bonchev–Trinajstić information content (AvgIpc) is 3.03. The average molecular weight is 281 g/mol. The minimum Gasteiger partial charge on any atom is -0.383 e. The molecular formula is C14H19NOS2. The van der Waals surface area contributed by atoms with Crippen molar-refractivity contribution in [1.29, 1.82) is 0 Å². The van der Waals surface area contributed by atoms with E-state index in [9.17, 15) is 5.11 Å². The Morgan fingerprint density at radius 3 is 2.56 bits per heavy atom. The van der Waals surface area contributed by atoms with Crippen LogP contribution in [0.25, 0.3) is 0 Å². The van der Waals surface area contributed by atoms with Gasteiger partial charge in [0.2, 0.25) is 0 Å². The highest BCUT2D eigenvalue weighted by Crippen LogP contribution is 2.27. The summed E-state index contributed by atoms with van der Waals surface area (Å²) in [4.78, 5) is 2.34. The fourth-order valence-corrected chi connectivity index (χ4v) is 3.60. The molecule has 0 spiro atoms. The van der Waals surface area contributed by atoms with Crippen LogP contribution in [0.4, 0.5) is 0 Å². The van der Waals surface area contributed by atoms with E-state index in [4.69, 9.17) is 0 Å². The molecule has 2 aromatic rings. The molecule has 0 saturated heterocycles. The zero-order chi connectivity index (χ0) is 13.0. The standard InChI is InChI=1S/C14H19NOS2/c1-3-11(12-6-4-8-17-12)15-10-14(2,16)13-7-5-9-18-13/h4-9,11,15-16H,3,10H2,1-2H3. The molecule has 0 aliphatic rings. The summed E-state index contributed by atoms with van der Waals surface area (Å²) in [5.41, 5.74) is -0.793. The van der Waals surface area contributed by atoms with Crippen molar-refractivity contribution in [2.75, 3.05) is 6.54 Å². The van der Waals surface area contributed by atoms with E-state index < -0.39 is 5.60 Å². The SMILES string of the molecule is CCC(NCC(C)(O)c1cccs1)c1cccs1. The van der Waals surface area contributed by atoms with Gasteiger partial charge in [-0.3, -0.25) is 0 Å². The van der Waals surface area contributed by atoms with Crippen molar-refractivity contribution in [2.24, 2.45) is 0 Å². The third kappa shape index (κ3) is 3.20. The fourth-order valence-electron chi connectivity index (χ4n) is 1.93. The lowest BCUT2D eigenvalue weighted by molar-refractivity contribution is 0.0574. The van der Waals surface area contributed by atoms with Crippen molar-refractivity contribution < 1.29 is 5.11 Å². The van der Waals surface area contributed by atoms with Crippen molar-refractivity contribution >= 4 is 22.7 Å². The number of rotatable bonds is 6. The molecule has 0 aliphatic heterocycles. The summed E-state index contributed by atoms with van der Waals surface area (Å²) in [5, 5.41) is 18.0. The molecule has 98 valence electrons. The first kappa shape index (κ1) is 13.7. The largest absolute Gasteiger partial charge is 0.383 e. The Hall–Kier alpha value is -0.680. The van der Waals surface area contributed by atoms with E-state index >= 15 is 0 Å². The summed E-state index contributed by atoms with van der Waals surface area (Å²) >= 11 is 3.36. The van der Waals surface area contributed by atoms with Gasteiger partial charge in [0.15, 0.2) is 0 Å². The first-order valence-electron chi connectivity index (χ1n) is 6.16. The van der Waals surface area contributed by atoms with Crippen molar-refractivity contribution in [3.63, 3.8) is 0 Å². The van der Waals surface area contributed by atoms with E-state index in [0.717, 1.165) is 11.3 Å². The predicted molar refractivity (Wildman–Crippen MR) is 79.2 cm³/mol. The van der Waals surface area contributed by atoms with E-state index in [1.54, 1.807) is 22.7 Å². The molecule has 0 fully saturated rings. The van der Waals surface area contributed by atoms with Gasteiger partial charge >= 0.3 is 0 Å². The quantitative estimate of drug-likeness (QED) is 0.845. The van der Waals surface area contributed by atoms with Gasteiger partial charge < -0.3 is 10.4 Å². The molecule has 2 aromatic heterocycles. The van der Waals surface area contributed by atoms with Gasteiger partial charge in [-0.15, -0.1) is 22.7 Å². The highest BCUT2D eigenvalue weighted by molar-refractivity contribution is 7.10. The Kier molecular flexibility index (Phi) is 4.56. The second-order valence-electron chi connectivity index (χ2n) is 4.61. The Bertz CT molecular complexity index is 448. The normalized spacial score (nSPS) is 16.4. The topological polar surface area (TPSA) is 32.3 Å². The van der Waals surface area contributed by atoms with E-state index in [-0.39, 0.29) is 0 Å². The molecular weight excluding hydrogens is 262 g/mol. The van der Waals surface area contributed by atoms with Crippen LogP contribution in [-0.2, 0) is 5.60 Å². The fraction of sp³-hybridized carbons (Fsp3) is 0.429. The second-order valence-corrected chi connectivity index (χ2v) is 6.54. The van der Waals surface area contributed by atoms with Gasteiger partial charge in [-0.25, -0.2) is 0 Å². The van der Waals surface area contributed by atoms with E-state index in [1.807, 2.05) is 24.4 Å². The number of thiophene rings is 2. The first-order chi connectivity index (χ1) is 8.63. The Balaban J connectivity index is 1.98. The maximum absolute atomic E-state index is 10.5. The van der Waals surface area contributed by atoms with Crippen LogP contribution < -0.4 is 5.32 Å². The summed E-state index contributed by atoms with van der Waals surface area (Å²) in [7, 11) is 0. The molecule has 2 N–H and O–H groups in total. The molecule has 0 radical (unpaired) electrons. The van der Waals surface area contributed by atoms with Crippen LogP contribution in [0.3, 0.4) is 0 Å². The second kappa shape index (κ2) is 5.97. The highest BCUT2D eigenvalue weighted by Gasteiger charge is 2.25. The van der Waals surface area contributed by atoms with Crippen molar-refractivity contribution in [3.8, 4) is 0 Å². The molecule has 0 amide bonds. The zero-order valence-electron chi connectivity index (χ0n) is 10.7. The summed E-state index contributed by atoms with van der Waals surface area (Å²) < 4.78 is 0. The number of hydrogen-bond donors (Lipinski definition) is 2. The number of aliphatic hydroxyl groups is 1. The van der Waals surface area contributed by atoms with E-state index in [0.29, 0.717) is 12.6 Å². The molecule has 4 heteroatoms. The Morgan fingerprint density at radius 2 is 2.00 bits per heavy atom. The molecule has 0 aromatic carbocycles. The minimum absolute atomic E-state index is 0.330. The van der Waals surface area contributed by atoms with E-state index in [2.05, 4.69) is 29.8 Å². The van der Waals surface area contributed by atoms with Crippen LogP contribution in [-0.4, -0.2) is 11.7 Å². The van der Waals surface area contributed by atoms with Gasteiger partial charge in [-0.2, -0.15) is 0 Å². The van der Waals surface area contributed by atoms with Gasteiger partial charge in [0.1, 0.15) is 5.60 Å². The van der Waals surface area contributed by atoms with Gasteiger partial charge in [0.05, 0.1) is 0 Å². The Morgan fingerprint density at radius 1 is 1.28 bits per heavy atom. The van der Waals surface area contributed by atoms with Gasteiger partial charge in [0.25, 0.3) is 0 Å². The summed E-state index contributed by atoms with van der Waals surface area (Å²) in [5.74, 6) is 0. The molecule has 2 unspecified atom stereocenters. The molecule has 18 heavy (non-hydrogen) atoms. The van der Waals surface area contributed by atoms with Gasteiger partial charge in [0, 0.05) is 22.3 Å². The lowest BCUT2D eigenvalue weighted by Gasteiger charge is -2.25. The summed E-state index contributed by atoms with van der Waals surface area (Å²) in [6.45, 7) is 4.61. The van der Waals surface area contributed by atoms with Gasteiger partial charge in [-0.1, -0.05) is 19.1 Å². The van der Waals surface area contributed by atoms with Crippen LogP contribution >= 0.6 is 22.7 Å². The molecule has 2 atom stereocenters. The number of hydrogen-bond acceptors (Lipinski definition) is 4. The smallest absolute Gasteiger partial charge is 0.108 e. The van der Waals surface area contributed by atoms with Crippen LogP contribution in [0.5, 0.6) is 0 Å². The molecule has 2 nitrogen and oxygen atoms in total. The van der Waals surface area contributed by atoms with Crippen molar-refractivity contribution in [2.45, 2.75) is 31.9 Å². The molecule has 2 rings (SSSR count). The zero-order valence-corrected chi connectivity index (χ0v) is 12.4. The predicted octanol–water partition coefficient (Wildman–Crippen LogP) is 3.76. The lowest BCUT2D eigenvalue weighted by atomic mass is 10.0. The molecule has 0 bridgehead atoms. The van der Waals surface area contributed by atoms with Crippen molar-refractivity contribution in [3.05, 3.63) is 44.8 Å². The maximum Gasteiger partial charge on any atom is 0.108 e. The van der Waals surface area contributed by atoms with Crippen LogP contribution in [0, 0.1) is 0 Å². The summed E-state index contributed by atoms with van der Waals surface area (Å²) in [6, 6.07) is 8.51. The van der Waals surface area contributed by atoms with Crippen LogP contribution in [0.2, 0.25) is 0 Å². The first-order valence-corrected chi connectivity index (χ1v) is 7.92. The third-order valence-corrected chi connectivity index (χ3v) is 5.15. The van der Waals surface area contributed by atoms with Crippen LogP contribution in [0.1, 0.15) is 36.1 Å². The minimum atomic E-state index is -0.793. The maximum atomic E-state index is 10.5. The number of nitrogens with one attached hydrogen (secondary N) is 1. The van der Waals surface area contributed by atoms with E-state index in [1.165, 1.54) is 4.88 Å². The summed E-state index contributed by atoms with van der Waals surface area (Å²) in [6.07, 6.45) is 1.03. The molecule has 2 heterocycles. The van der Waals surface area contributed by atoms with Crippen molar-refractivity contribution in [1.82, 2.24) is 5.32 Å². The lowest BCUT2D eigenvalue weighted by Crippen LogP contribution is -2.36. The molecule has 0 saturated carbocycles. The van der Waals surface area contributed by atoms with Crippen LogP contribution in [0.15, 0.2) is 35.0 Å². The monoisotopic (exact) mass is 281 g/mol. The van der Waals surface area contributed by atoms with Gasteiger partial charge in [-0.05, 0) is 36.2 Å². The highest BCUT2D eigenvalue weighted by atomic mass is 32.1. The Labute approximate surface area is 116 Å². The molecule has 0 aliphatic carbocycles.